The SMILES string of the molecule is C[C@](O)(c1ccc(Cl)cc1)[C@](C)(O)c1ccc(Cl)cc1. The van der Waals surface area contributed by atoms with Crippen molar-refractivity contribution >= 4 is 23.2 Å². The highest BCUT2D eigenvalue weighted by Crippen LogP contribution is 2.40. The van der Waals surface area contributed by atoms with Crippen LogP contribution in [0, 0.1) is 0 Å². The Balaban J connectivity index is 2.45. The highest BCUT2D eigenvalue weighted by molar-refractivity contribution is 6.30. The van der Waals surface area contributed by atoms with Gasteiger partial charge in [-0.15, -0.1) is 0 Å². The molecule has 0 aliphatic heterocycles. The summed E-state index contributed by atoms with van der Waals surface area (Å²) in [6.07, 6.45) is 0. The zero-order chi connectivity index (χ0) is 15.0. The number of benzene rings is 2. The molecule has 4 heteroatoms. The Morgan fingerprint density at radius 2 is 0.900 bits per heavy atom. The normalized spacial score (nSPS) is 17.3. The van der Waals surface area contributed by atoms with Crippen LogP contribution in [-0.4, -0.2) is 10.2 Å². The fourth-order valence-corrected chi connectivity index (χ4v) is 2.36. The van der Waals surface area contributed by atoms with Gasteiger partial charge in [0.1, 0.15) is 11.2 Å². The molecule has 2 rings (SSSR count). The van der Waals surface area contributed by atoms with Gasteiger partial charge in [0.05, 0.1) is 0 Å². The number of aliphatic hydroxyl groups is 2. The zero-order valence-electron chi connectivity index (χ0n) is 11.3. The third-order valence-electron chi connectivity index (χ3n) is 3.76. The summed E-state index contributed by atoms with van der Waals surface area (Å²) in [4.78, 5) is 0. The topological polar surface area (TPSA) is 40.5 Å². The molecule has 106 valence electrons. The number of halogens is 2. The molecule has 2 aromatic carbocycles. The lowest BCUT2D eigenvalue weighted by Gasteiger charge is -2.39. The van der Waals surface area contributed by atoms with Gasteiger partial charge in [-0.1, -0.05) is 47.5 Å². The van der Waals surface area contributed by atoms with Crippen molar-refractivity contribution < 1.29 is 10.2 Å². The maximum atomic E-state index is 10.8. The van der Waals surface area contributed by atoms with Crippen LogP contribution in [0.25, 0.3) is 0 Å². The quantitative estimate of drug-likeness (QED) is 0.895. The van der Waals surface area contributed by atoms with E-state index in [9.17, 15) is 10.2 Å². The number of hydrogen-bond acceptors (Lipinski definition) is 2. The molecule has 0 fully saturated rings. The molecule has 0 aliphatic rings. The molecule has 2 aromatic rings. The third-order valence-corrected chi connectivity index (χ3v) is 4.26. The second-order valence-corrected chi connectivity index (χ2v) is 6.03. The van der Waals surface area contributed by atoms with E-state index in [4.69, 9.17) is 23.2 Å². The van der Waals surface area contributed by atoms with E-state index in [1.807, 2.05) is 0 Å². The average Bonchev–Trinajstić information content (AvgIpc) is 2.39. The van der Waals surface area contributed by atoms with Crippen LogP contribution in [0.4, 0.5) is 0 Å². The molecule has 2 atom stereocenters. The molecule has 0 unspecified atom stereocenters. The predicted octanol–water partition coefficient (Wildman–Crippen LogP) is 4.11. The highest BCUT2D eigenvalue weighted by Gasteiger charge is 2.44. The Kier molecular flexibility index (Phi) is 4.12. The summed E-state index contributed by atoms with van der Waals surface area (Å²) in [5.41, 5.74) is -1.76. The summed E-state index contributed by atoms with van der Waals surface area (Å²) < 4.78 is 0. The molecule has 2 nitrogen and oxygen atoms in total. The van der Waals surface area contributed by atoms with Crippen molar-refractivity contribution in [3.8, 4) is 0 Å². The molecule has 0 heterocycles. The Morgan fingerprint density at radius 1 is 0.650 bits per heavy atom. The summed E-state index contributed by atoms with van der Waals surface area (Å²) in [5.74, 6) is 0. The van der Waals surface area contributed by atoms with Gasteiger partial charge in [0.15, 0.2) is 0 Å². The summed E-state index contributed by atoms with van der Waals surface area (Å²) in [6, 6.07) is 13.5. The first-order valence-electron chi connectivity index (χ1n) is 6.22. The van der Waals surface area contributed by atoms with Crippen LogP contribution in [0.5, 0.6) is 0 Å². The van der Waals surface area contributed by atoms with Crippen molar-refractivity contribution in [3.63, 3.8) is 0 Å². The summed E-state index contributed by atoms with van der Waals surface area (Å²) >= 11 is 11.7. The molecule has 20 heavy (non-hydrogen) atoms. The largest absolute Gasteiger partial charge is 0.382 e. The van der Waals surface area contributed by atoms with E-state index >= 15 is 0 Å². The Hall–Kier alpha value is -1.06. The fraction of sp³-hybridized carbons (Fsp3) is 0.250. The minimum absolute atomic E-state index is 0.579. The van der Waals surface area contributed by atoms with Crippen LogP contribution in [-0.2, 0) is 11.2 Å². The first-order chi connectivity index (χ1) is 9.25. The van der Waals surface area contributed by atoms with E-state index < -0.39 is 11.2 Å². The molecule has 0 spiro atoms. The second kappa shape index (κ2) is 5.38. The number of rotatable bonds is 3. The van der Waals surface area contributed by atoms with Crippen LogP contribution in [0.15, 0.2) is 48.5 Å². The summed E-state index contributed by atoms with van der Waals surface area (Å²) in [6.45, 7) is 3.15. The van der Waals surface area contributed by atoms with E-state index in [0.29, 0.717) is 21.2 Å². The maximum Gasteiger partial charge on any atom is 0.119 e. The lowest BCUT2D eigenvalue weighted by molar-refractivity contribution is -0.143. The Labute approximate surface area is 128 Å². The molecule has 0 amide bonds. The first-order valence-corrected chi connectivity index (χ1v) is 6.97. The zero-order valence-corrected chi connectivity index (χ0v) is 12.8. The smallest absolute Gasteiger partial charge is 0.119 e. The van der Waals surface area contributed by atoms with E-state index in [1.165, 1.54) is 0 Å². The van der Waals surface area contributed by atoms with Gasteiger partial charge in [0, 0.05) is 10.0 Å². The molecule has 0 aliphatic carbocycles. The second-order valence-electron chi connectivity index (χ2n) is 5.16. The van der Waals surface area contributed by atoms with Gasteiger partial charge in [-0.3, -0.25) is 0 Å². The van der Waals surface area contributed by atoms with Crippen molar-refractivity contribution in [2.24, 2.45) is 0 Å². The molecule has 0 bridgehead atoms. The van der Waals surface area contributed by atoms with E-state index in [-0.39, 0.29) is 0 Å². The van der Waals surface area contributed by atoms with Crippen LogP contribution >= 0.6 is 23.2 Å². The monoisotopic (exact) mass is 310 g/mol. The average molecular weight is 311 g/mol. The minimum atomic E-state index is -1.47. The highest BCUT2D eigenvalue weighted by atomic mass is 35.5. The van der Waals surface area contributed by atoms with Crippen molar-refractivity contribution in [1.82, 2.24) is 0 Å². The lowest BCUT2D eigenvalue weighted by atomic mass is 9.76. The Bertz CT molecular complexity index is 531. The molecule has 0 saturated carbocycles. The van der Waals surface area contributed by atoms with Gasteiger partial charge in [-0.2, -0.15) is 0 Å². The van der Waals surface area contributed by atoms with E-state index in [1.54, 1.807) is 62.4 Å². The van der Waals surface area contributed by atoms with Crippen molar-refractivity contribution in [1.29, 1.82) is 0 Å². The first kappa shape index (κ1) is 15.3. The van der Waals surface area contributed by atoms with Gasteiger partial charge in [0.25, 0.3) is 0 Å². The lowest BCUT2D eigenvalue weighted by Crippen LogP contribution is -2.45. The molecule has 0 radical (unpaired) electrons. The molecular weight excluding hydrogens is 295 g/mol. The fourth-order valence-electron chi connectivity index (χ4n) is 2.11. The standard InChI is InChI=1S/C16H16Cl2O2/c1-15(19,11-3-7-13(17)8-4-11)16(2,20)12-5-9-14(18)10-6-12/h3-10,19-20H,1-2H3/t15-,16+. The van der Waals surface area contributed by atoms with Crippen LogP contribution in [0.1, 0.15) is 25.0 Å². The number of hydrogen-bond donors (Lipinski definition) is 2. The van der Waals surface area contributed by atoms with Gasteiger partial charge in [-0.05, 0) is 49.2 Å². The molecule has 0 aromatic heterocycles. The molecular formula is C16H16Cl2O2. The van der Waals surface area contributed by atoms with Crippen molar-refractivity contribution in [3.05, 3.63) is 69.7 Å². The molecule has 0 saturated heterocycles. The van der Waals surface area contributed by atoms with Crippen molar-refractivity contribution in [2.45, 2.75) is 25.0 Å². The third kappa shape index (κ3) is 2.70. The van der Waals surface area contributed by atoms with Gasteiger partial charge in [-0.25, -0.2) is 0 Å². The van der Waals surface area contributed by atoms with Crippen LogP contribution in [0.3, 0.4) is 0 Å². The van der Waals surface area contributed by atoms with Crippen molar-refractivity contribution in [2.75, 3.05) is 0 Å². The van der Waals surface area contributed by atoms with Crippen LogP contribution < -0.4 is 0 Å². The summed E-state index contributed by atoms with van der Waals surface area (Å²) in [7, 11) is 0. The van der Waals surface area contributed by atoms with Gasteiger partial charge >= 0.3 is 0 Å². The minimum Gasteiger partial charge on any atom is -0.382 e. The van der Waals surface area contributed by atoms with E-state index in [2.05, 4.69) is 0 Å². The predicted molar refractivity (Wildman–Crippen MR) is 82.0 cm³/mol. The summed E-state index contributed by atoms with van der Waals surface area (Å²) in [5, 5.41) is 22.8. The van der Waals surface area contributed by atoms with Gasteiger partial charge < -0.3 is 10.2 Å². The van der Waals surface area contributed by atoms with Gasteiger partial charge in [0.2, 0.25) is 0 Å². The van der Waals surface area contributed by atoms with E-state index in [0.717, 1.165) is 0 Å². The Morgan fingerprint density at radius 3 is 1.15 bits per heavy atom. The molecule has 2 N–H and O–H groups in total. The maximum absolute atomic E-state index is 10.8. The van der Waals surface area contributed by atoms with Crippen LogP contribution in [0.2, 0.25) is 10.0 Å².